The predicted octanol–water partition coefficient (Wildman–Crippen LogP) is 2.34. The highest BCUT2D eigenvalue weighted by molar-refractivity contribution is 6.06. The molecule has 0 bridgehead atoms. The van der Waals surface area contributed by atoms with E-state index in [1.165, 1.54) is 13.3 Å². The molecule has 0 aliphatic rings. The summed E-state index contributed by atoms with van der Waals surface area (Å²) in [5.41, 5.74) is 1.21. The van der Waals surface area contributed by atoms with Crippen LogP contribution in [0.4, 0.5) is 5.69 Å². The predicted molar refractivity (Wildman–Crippen MR) is 65.2 cm³/mol. The van der Waals surface area contributed by atoms with Crippen LogP contribution < -0.4 is 10.1 Å². The zero-order valence-corrected chi connectivity index (χ0v) is 9.38. The number of ether oxygens (including phenoxy) is 1. The quantitative estimate of drug-likeness (QED) is 0.877. The lowest BCUT2D eigenvalue weighted by Gasteiger charge is -2.08. The van der Waals surface area contributed by atoms with Crippen LogP contribution in [-0.2, 0) is 0 Å². The van der Waals surface area contributed by atoms with Crippen molar-refractivity contribution in [3.05, 3.63) is 54.4 Å². The Hall–Kier alpha value is -2.36. The van der Waals surface area contributed by atoms with E-state index in [4.69, 9.17) is 4.74 Å². The number of carbonyl (C=O) groups is 1. The molecule has 17 heavy (non-hydrogen) atoms. The summed E-state index contributed by atoms with van der Waals surface area (Å²) in [4.78, 5) is 15.9. The molecule has 0 fully saturated rings. The molecule has 0 atom stereocenters. The van der Waals surface area contributed by atoms with Crippen molar-refractivity contribution >= 4 is 11.6 Å². The van der Waals surface area contributed by atoms with Crippen LogP contribution in [0, 0.1) is 0 Å². The standard InChI is InChI=1S/C13H12N2O2/c1-17-12-9-14-8-7-11(12)13(16)15-10-5-3-2-4-6-10/h2-9H,1H3,(H,15,16). The van der Waals surface area contributed by atoms with Crippen LogP contribution in [0.5, 0.6) is 5.75 Å². The van der Waals surface area contributed by atoms with Crippen molar-refractivity contribution < 1.29 is 9.53 Å². The van der Waals surface area contributed by atoms with Gasteiger partial charge in [0.05, 0.1) is 18.9 Å². The molecule has 1 aromatic carbocycles. The second kappa shape index (κ2) is 5.12. The van der Waals surface area contributed by atoms with E-state index in [-0.39, 0.29) is 5.91 Å². The number of rotatable bonds is 3. The summed E-state index contributed by atoms with van der Waals surface area (Å²) in [6.07, 6.45) is 3.07. The van der Waals surface area contributed by atoms with E-state index in [0.717, 1.165) is 5.69 Å². The SMILES string of the molecule is COc1cnccc1C(=O)Nc1ccccc1. The third-order valence-corrected chi connectivity index (χ3v) is 2.28. The molecular weight excluding hydrogens is 216 g/mol. The average molecular weight is 228 g/mol. The molecule has 4 heteroatoms. The van der Waals surface area contributed by atoms with E-state index >= 15 is 0 Å². The van der Waals surface area contributed by atoms with E-state index in [0.29, 0.717) is 11.3 Å². The molecule has 0 saturated heterocycles. The number of benzene rings is 1. The molecule has 86 valence electrons. The van der Waals surface area contributed by atoms with Crippen LogP contribution in [0.15, 0.2) is 48.8 Å². The molecule has 0 unspecified atom stereocenters. The average Bonchev–Trinajstić information content (AvgIpc) is 2.40. The summed E-state index contributed by atoms with van der Waals surface area (Å²) in [7, 11) is 1.51. The van der Waals surface area contributed by atoms with Crippen LogP contribution >= 0.6 is 0 Å². The highest BCUT2D eigenvalue weighted by Crippen LogP contribution is 2.17. The Kier molecular flexibility index (Phi) is 3.35. The highest BCUT2D eigenvalue weighted by atomic mass is 16.5. The number of nitrogens with zero attached hydrogens (tertiary/aromatic N) is 1. The maximum atomic E-state index is 12.0. The third-order valence-electron chi connectivity index (χ3n) is 2.28. The van der Waals surface area contributed by atoms with Gasteiger partial charge in [0.1, 0.15) is 5.75 Å². The Morgan fingerprint density at radius 3 is 2.71 bits per heavy atom. The fraction of sp³-hybridized carbons (Fsp3) is 0.0769. The van der Waals surface area contributed by atoms with Gasteiger partial charge < -0.3 is 10.1 Å². The maximum Gasteiger partial charge on any atom is 0.259 e. The molecule has 1 aromatic heterocycles. The molecule has 0 saturated carbocycles. The molecule has 1 amide bonds. The molecule has 1 heterocycles. The number of aromatic nitrogens is 1. The molecule has 0 aliphatic heterocycles. The number of carbonyl (C=O) groups excluding carboxylic acids is 1. The van der Waals surface area contributed by atoms with E-state index in [1.807, 2.05) is 30.3 Å². The molecule has 0 radical (unpaired) electrons. The minimum absolute atomic E-state index is 0.213. The lowest BCUT2D eigenvalue weighted by atomic mass is 10.2. The molecule has 2 rings (SSSR count). The first-order chi connectivity index (χ1) is 8.31. The summed E-state index contributed by atoms with van der Waals surface area (Å²) in [6.45, 7) is 0. The first kappa shape index (κ1) is 11.1. The fourth-order valence-corrected chi connectivity index (χ4v) is 1.45. The minimum Gasteiger partial charge on any atom is -0.494 e. The van der Waals surface area contributed by atoms with Crippen LogP contribution in [0.1, 0.15) is 10.4 Å². The molecule has 0 spiro atoms. The first-order valence-electron chi connectivity index (χ1n) is 5.15. The van der Waals surface area contributed by atoms with Gasteiger partial charge in [0, 0.05) is 11.9 Å². The van der Waals surface area contributed by atoms with Crippen LogP contribution in [-0.4, -0.2) is 18.0 Å². The number of hydrogen-bond acceptors (Lipinski definition) is 3. The molecular formula is C13H12N2O2. The summed E-state index contributed by atoms with van der Waals surface area (Å²) in [5, 5.41) is 2.79. The molecule has 1 N–H and O–H groups in total. The lowest BCUT2D eigenvalue weighted by Crippen LogP contribution is -2.13. The van der Waals surface area contributed by atoms with Gasteiger partial charge in [-0.1, -0.05) is 18.2 Å². The van der Waals surface area contributed by atoms with Gasteiger partial charge in [-0.25, -0.2) is 0 Å². The number of hydrogen-bond donors (Lipinski definition) is 1. The van der Waals surface area contributed by atoms with E-state index in [9.17, 15) is 4.79 Å². The summed E-state index contributed by atoms with van der Waals surface area (Å²) in [6, 6.07) is 10.9. The van der Waals surface area contributed by atoms with Gasteiger partial charge in [-0.2, -0.15) is 0 Å². The number of amides is 1. The van der Waals surface area contributed by atoms with Crippen molar-refractivity contribution in [2.24, 2.45) is 0 Å². The van der Waals surface area contributed by atoms with Crippen molar-refractivity contribution in [2.45, 2.75) is 0 Å². The Labute approximate surface area is 99.3 Å². The minimum atomic E-state index is -0.213. The largest absolute Gasteiger partial charge is 0.494 e. The molecule has 2 aromatic rings. The Balaban J connectivity index is 2.20. The summed E-state index contributed by atoms with van der Waals surface area (Å²) >= 11 is 0. The third kappa shape index (κ3) is 2.60. The van der Waals surface area contributed by atoms with Gasteiger partial charge >= 0.3 is 0 Å². The molecule has 0 aliphatic carbocycles. The van der Waals surface area contributed by atoms with Crippen LogP contribution in [0.25, 0.3) is 0 Å². The van der Waals surface area contributed by atoms with Crippen LogP contribution in [0.2, 0.25) is 0 Å². The smallest absolute Gasteiger partial charge is 0.259 e. The van der Waals surface area contributed by atoms with Gasteiger partial charge in [-0.15, -0.1) is 0 Å². The highest BCUT2D eigenvalue weighted by Gasteiger charge is 2.11. The number of para-hydroxylation sites is 1. The van der Waals surface area contributed by atoms with E-state index < -0.39 is 0 Å². The van der Waals surface area contributed by atoms with Gasteiger partial charge in [0.2, 0.25) is 0 Å². The molecule has 4 nitrogen and oxygen atoms in total. The topological polar surface area (TPSA) is 51.2 Å². The summed E-state index contributed by atoms with van der Waals surface area (Å²) in [5.74, 6) is 0.247. The zero-order valence-electron chi connectivity index (χ0n) is 9.38. The summed E-state index contributed by atoms with van der Waals surface area (Å²) < 4.78 is 5.08. The zero-order chi connectivity index (χ0) is 12.1. The Morgan fingerprint density at radius 2 is 2.00 bits per heavy atom. The second-order valence-electron chi connectivity index (χ2n) is 3.40. The maximum absolute atomic E-state index is 12.0. The fourth-order valence-electron chi connectivity index (χ4n) is 1.45. The van der Waals surface area contributed by atoms with Gasteiger partial charge in [-0.05, 0) is 18.2 Å². The second-order valence-corrected chi connectivity index (χ2v) is 3.40. The van der Waals surface area contributed by atoms with E-state index in [1.54, 1.807) is 12.3 Å². The van der Waals surface area contributed by atoms with Crippen molar-refractivity contribution in [1.29, 1.82) is 0 Å². The van der Waals surface area contributed by atoms with Crippen LogP contribution in [0.3, 0.4) is 0 Å². The number of pyridine rings is 1. The Morgan fingerprint density at radius 1 is 1.24 bits per heavy atom. The van der Waals surface area contributed by atoms with Gasteiger partial charge in [-0.3, -0.25) is 9.78 Å². The Bertz CT molecular complexity index is 512. The normalized spacial score (nSPS) is 9.71. The number of methoxy groups -OCH3 is 1. The number of nitrogens with one attached hydrogen (secondary N) is 1. The van der Waals surface area contributed by atoms with E-state index in [2.05, 4.69) is 10.3 Å². The van der Waals surface area contributed by atoms with Crippen molar-refractivity contribution in [1.82, 2.24) is 4.98 Å². The number of anilines is 1. The van der Waals surface area contributed by atoms with Crippen molar-refractivity contribution in [3.63, 3.8) is 0 Å². The van der Waals surface area contributed by atoms with Gasteiger partial charge in [0.15, 0.2) is 0 Å². The monoisotopic (exact) mass is 228 g/mol. The van der Waals surface area contributed by atoms with Gasteiger partial charge in [0.25, 0.3) is 5.91 Å². The first-order valence-corrected chi connectivity index (χ1v) is 5.15. The lowest BCUT2D eigenvalue weighted by molar-refractivity contribution is 0.102. The van der Waals surface area contributed by atoms with Crippen molar-refractivity contribution in [2.75, 3.05) is 12.4 Å². The van der Waals surface area contributed by atoms with Crippen molar-refractivity contribution in [3.8, 4) is 5.75 Å².